The molecule has 0 aliphatic rings. The molecule has 0 aromatic rings. The largest absolute Gasteiger partial charge is 0.745 e. The van der Waals surface area contributed by atoms with Gasteiger partial charge >= 0.3 is 33.0 Å². The molecule has 0 heterocycles. The van der Waals surface area contributed by atoms with E-state index in [2.05, 4.69) is 14.4 Å². The summed E-state index contributed by atoms with van der Waals surface area (Å²) in [5, 5.41) is 0. The number of hydrogen-bond acceptors (Lipinski definition) is 8. The van der Waals surface area contributed by atoms with Gasteiger partial charge in [0.1, 0.15) is 0 Å². The number of nitrogens with zero attached hydrogens (tertiary/aromatic N) is 1. The first-order valence-corrected chi connectivity index (χ1v) is 8.70. The van der Waals surface area contributed by atoms with Crippen molar-refractivity contribution in [2.24, 2.45) is 5.73 Å². The molecule has 0 saturated carbocycles. The van der Waals surface area contributed by atoms with Crippen LogP contribution in [0.5, 0.6) is 0 Å². The lowest BCUT2D eigenvalue weighted by molar-refractivity contribution is 0.368. The monoisotopic (exact) mass is 378 g/mol. The van der Waals surface area contributed by atoms with E-state index in [9.17, 15) is 18.3 Å². The highest BCUT2D eigenvalue weighted by molar-refractivity contribution is 7.46. The average molecular weight is 378 g/mol. The summed E-state index contributed by atoms with van der Waals surface area (Å²) in [7, 11) is -4.19. The van der Waals surface area contributed by atoms with E-state index in [0.29, 0.717) is 0 Å². The second kappa shape index (κ2) is 21.4. The molecule has 20 heavy (non-hydrogen) atoms. The molecule has 0 aliphatic carbocycles. The van der Waals surface area contributed by atoms with E-state index in [0.717, 1.165) is 0 Å². The molecular formula is C4H18N2O10P4+4. The Kier molecular flexibility index (Phi) is 30.2. The Morgan fingerprint density at radius 2 is 0.800 bits per heavy atom. The summed E-state index contributed by atoms with van der Waals surface area (Å²) in [5.41, 5.74) is 4.50. The van der Waals surface area contributed by atoms with Crippen molar-refractivity contribution < 1.29 is 46.5 Å². The standard InChI is InChI=1S/C3H9N.CH5N.2O5P2/c1-4(2)3;1-2;2*1-6(2)5-7(3)4/h1-3H3;2H2,1H3;;/p+4. The summed E-state index contributed by atoms with van der Waals surface area (Å²) in [6.07, 6.45) is 0. The van der Waals surface area contributed by atoms with Crippen molar-refractivity contribution in [3.63, 3.8) is 0 Å². The molecule has 4 unspecified atom stereocenters. The fraction of sp³-hybridized carbons (Fsp3) is 1.00. The molecular weight excluding hydrogens is 360 g/mol. The normalized spacial score (nSPS) is 11.5. The van der Waals surface area contributed by atoms with Gasteiger partial charge in [-0.3, -0.25) is 0 Å². The summed E-state index contributed by atoms with van der Waals surface area (Å²) in [6.45, 7) is 0. The molecule has 0 saturated heterocycles. The van der Waals surface area contributed by atoms with Crippen molar-refractivity contribution in [3.05, 3.63) is 0 Å². The third kappa shape index (κ3) is 80.8. The minimum atomic E-state index is -2.92. The maximum Gasteiger partial charge on any atom is 0.745 e. The quantitative estimate of drug-likeness (QED) is 0.422. The van der Waals surface area contributed by atoms with Gasteiger partial charge in [0.15, 0.2) is 8.62 Å². The van der Waals surface area contributed by atoms with Crippen LogP contribution in [-0.4, -0.2) is 52.7 Å². The maximum atomic E-state index is 9.39. The van der Waals surface area contributed by atoms with Crippen LogP contribution in [0.25, 0.3) is 0 Å². The second-order valence-electron chi connectivity index (χ2n) is 2.46. The van der Waals surface area contributed by atoms with Crippen LogP contribution in [0.4, 0.5) is 0 Å². The van der Waals surface area contributed by atoms with E-state index < -0.39 is 33.0 Å². The first kappa shape index (κ1) is 28.3. The van der Waals surface area contributed by atoms with Gasteiger partial charge in [-0.1, -0.05) is 0 Å². The smallest absolute Gasteiger partial charge is 0.333 e. The van der Waals surface area contributed by atoms with Crippen molar-refractivity contribution in [1.29, 1.82) is 0 Å². The molecule has 6 N–H and O–H groups in total. The molecule has 0 fully saturated rings. The molecule has 0 amide bonds. The molecule has 0 aromatic carbocycles. The molecule has 16 heteroatoms. The van der Waals surface area contributed by atoms with Crippen LogP contribution in [0.15, 0.2) is 0 Å². The molecule has 0 bridgehead atoms. The van der Waals surface area contributed by atoms with Gasteiger partial charge in [-0.2, -0.15) is 0 Å². The Morgan fingerprint density at radius 1 is 0.700 bits per heavy atom. The van der Waals surface area contributed by atoms with Crippen LogP contribution in [0.3, 0.4) is 0 Å². The summed E-state index contributed by atoms with van der Waals surface area (Å²) >= 11 is 0. The van der Waals surface area contributed by atoms with E-state index >= 15 is 0 Å². The zero-order valence-electron chi connectivity index (χ0n) is 11.1. The van der Waals surface area contributed by atoms with Crippen molar-refractivity contribution in [2.75, 3.05) is 28.2 Å². The van der Waals surface area contributed by atoms with Gasteiger partial charge < -0.3 is 10.6 Å². The Hall–Kier alpha value is 0.0800. The van der Waals surface area contributed by atoms with Gasteiger partial charge in [0.25, 0.3) is 0 Å². The fourth-order valence-electron chi connectivity index (χ4n) is 0.120. The predicted octanol–water partition coefficient (Wildman–Crippen LogP) is 0.357. The predicted molar refractivity (Wildman–Crippen MR) is 71.2 cm³/mol. The topological polar surface area (TPSA) is 197 Å². The molecule has 0 aliphatic heterocycles. The van der Waals surface area contributed by atoms with Gasteiger partial charge in [0, 0.05) is 18.3 Å². The van der Waals surface area contributed by atoms with Crippen molar-refractivity contribution in [3.8, 4) is 0 Å². The lowest BCUT2D eigenvalue weighted by Crippen LogP contribution is -1.99. The first-order valence-electron chi connectivity index (χ1n) is 4.18. The third-order valence-corrected chi connectivity index (χ3v) is 2.51. The zero-order chi connectivity index (χ0) is 17.3. The van der Waals surface area contributed by atoms with Crippen molar-refractivity contribution in [1.82, 2.24) is 4.90 Å². The zero-order valence-corrected chi connectivity index (χ0v) is 14.6. The van der Waals surface area contributed by atoms with E-state index in [1.807, 2.05) is 26.0 Å². The highest BCUT2D eigenvalue weighted by Gasteiger charge is 2.32. The third-order valence-electron chi connectivity index (χ3n) is 0.279. The number of rotatable bonds is 4. The summed E-state index contributed by atoms with van der Waals surface area (Å²) in [6, 6.07) is 0. The maximum absolute atomic E-state index is 9.39. The molecule has 4 atom stereocenters. The minimum Gasteiger partial charge on any atom is -0.333 e. The molecule has 0 rings (SSSR count). The Bertz CT molecular complexity index is 246. The molecule has 0 aromatic heterocycles. The minimum absolute atomic E-state index is 1.50. The van der Waals surface area contributed by atoms with Gasteiger partial charge in [-0.05, 0) is 28.2 Å². The van der Waals surface area contributed by atoms with Crippen molar-refractivity contribution in [2.45, 2.75) is 0 Å². The Balaban J connectivity index is -0.0000000933. The SMILES string of the molecule is CN.CN(C)C.O=[P+](O)O[P+](=O)O.O=[P+](O)O[P+](=O)O. The summed E-state index contributed by atoms with van der Waals surface area (Å²) < 4.78 is 44.3. The fourth-order valence-corrected chi connectivity index (χ4v) is 1.08. The van der Waals surface area contributed by atoms with E-state index in [1.54, 1.807) is 0 Å². The number of nitrogens with two attached hydrogens (primary N) is 1. The lowest BCUT2D eigenvalue weighted by Gasteiger charge is -1.90. The molecule has 0 spiro atoms. The van der Waals surface area contributed by atoms with E-state index in [-0.39, 0.29) is 0 Å². The first-order chi connectivity index (χ1) is 8.98. The van der Waals surface area contributed by atoms with Crippen LogP contribution in [-0.2, 0) is 26.9 Å². The molecule has 120 valence electrons. The highest BCUT2D eigenvalue weighted by Crippen LogP contribution is 2.31. The van der Waals surface area contributed by atoms with Crippen molar-refractivity contribution >= 4 is 33.0 Å². The van der Waals surface area contributed by atoms with Gasteiger partial charge in [-0.25, -0.2) is 0 Å². The van der Waals surface area contributed by atoms with E-state index in [1.165, 1.54) is 7.05 Å². The lowest BCUT2D eigenvalue weighted by atomic mass is 11.0. The van der Waals surface area contributed by atoms with Crippen LogP contribution >= 0.6 is 33.0 Å². The van der Waals surface area contributed by atoms with Crippen LogP contribution < -0.4 is 5.73 Å². The molecule has 12 nitrogen and oxygen atoms in total. The average Bonchev–Trinajstić information content (AvgIpc) is 2.15. The summed E-state index contributed by atoms with van der Waals surface area (Å²) in [5.74, 6) is 0. The highest BCUT2D eigenvalue weighted by atomic mass is 31.2. The van der Waals surface area contributed by atoms with Gasteiger partial charge in [-0.15, -0.1) is 19.6 Å². The van der Waals surface area contributed by atoms with Crippen LogP contribution in [0.1, 0.15) is 0 Å². The van der Waals surface area contributed by atoms with Gasteiger partial charge in [0.2, 0.25) is 0 Å². The second-order valence-corrected chi connectivity index (χ2v) is 5.67. The summed E-state index contributed by atoms with van der Waals surface area (Å²) in [4.78, 5) is 32.7. The van der Waals surface area contributed by atoms with Crippen LogP contribution in [0.2, 0.25) is 0 Å². The Labute approximate surface area is 119 Å². The van der Waals surface area contributed by atoms with Crippen LogP contribution in [0, 0.1) is 0 Å². The van der Waals surface area contributed by atoms with E-state index in [4.69, 9.17) is 19.6 Å². The van der Waals surface area contributed by atoms with Gasteiger partial charge in [0.05, 0.1) is 0 Å². The Morgan fingerprint density at radius 3 is 0.800 bits per heavy atom. The number of hydrogen-bond donors (Lipinski definition) is 5. The molecule has 0 radical (unpaired) electrons.